The number of aliphatic hydroxyl groups excluding tert-OH is 1. The molecule has 0 aromatic rings. The molecule has 1 aliphatic carbocycles. The molecule has 0 aromatic carbocycles. The smallest absolute Gasteiger partial charge is 0.234 e. The van der Waals surface area contributed by atoms with E-state index < -0.39 is 6.10 Å². The Morgan fingerprint density at radius 3 is 2.63 bits per heavy atom. The van der Waals surface area contributed by atoms with Crippen LogP contribution in [0, 0.1) is 5.92 Å². The molecule has 0 aromatic heterocycles. The minimum absolute atomic E-state index is 0.00351. The molecule has 3 N–H and O–H groups in total. The van der Waals surface area contributed by atoms with E-state index in [1.807, 2.05) is 6.92 Å². The lowest BCUT2D eigenvalue weighted by Gasteiger charge is -2.18. The fourth-order valence-electron chi connectivity index (χ4n) is 1.92. The zero-order chi connectivity index (χ0) is 14.3. The molecule has 5 nitrogen and oxygen atoms in total. The summed E-state index contributed by atoms with van der Waals surface area (Å²) in [5.41, 5.74) is 0. The minimum Gasteiger partial charge on any atom is -0.389 e. The van der Waals surface area contributed by atoms with Gasteiger partial charge < -0.3 is 20.5 Å². The van der Waals surface area contributed by atoms with Crippen molar-refractivity contribution in [2.45, 2.75) is 58.3 Å². The van der Waals surface area contributed by atoms with Gasteiger partial charge in [-0.15, -0.1) is 0 Å². The van der Waals surface area contributed by atoms with Gasteiger partial charge in [0.15, 0.2) is 0 Å². The van der Waals surface area contributed by atoms with Crippen molar-refractivity contribution >= 4 is 5.91 Å². The zero-order valence-corrected chi connectivity index (χ0v) is 12.3. The van der Waals surface area contributed by atoms with E-state index in [1.54, 1.807) is 0 Å². The average Bonchev–Trinajstić information content (AvgIpc) is 3.09. The van der Waals surface area contributed by atoms with Gasteiger partial charge in [-0.05, 0) is 32.1 Å². The topological polar surface area (TPSA) is 70.6 Å². The lowest BCUT2D eigenvalue weighted by atomic mass is 10.1. The van der Waals surface area contributed by atoms with Gasteiger partial charge >= 0.3 is 0 Å². The Kier molecular flexibility index (Phi) is 7.34. The highest BCUT2D eigenvalue weighted by molar-refractivity contribution is 5.78. The Balaban J connectivity index is 1.97. The Hall–Kier alpha value is -0.650. The van der Waals surface area contributed by atoms with Gasteiger partial charge in [-0.2, -0.15) is 0 Å². The number of nitrogens with one attached hydrogen (secondary N) is 2. The fourth-order valence-corrected chi connectivity index (χ4v) is 1.92. The molecule has 0 heterocycles. The Bertz CT molecular complexity index is 267. The van der Waals surface area contributed by atoms with Gasteiger partial charge in [-0.25, -0.2) is 0 Å². The minimum atomic E-state index is -0.566. The van der Waals surface area contributed by atoms with Gasteiger partial charge in [0, 0.05) is 12.6 Å². The third-order valence-corrected chi connectivity index (χ3v) is 2.98. The number of hydrogen-bond acceptors (Lipinski definition) is 4. The van der Waals surface area contributed by atoms with Gasteiger partial charge in [-0.1, -0.05) is 13.8 Å². The second-order valence-corrected chi connectivity index (χ2v) is 5.90. The predicted octanol–water partition coefficient (Wildman–Crippen LogP) is 0.667. The van der Waals surface area contributed by atoms with Gasteiger partial charge in [0.2, 0.25) is 5.91 Å². The van der Waals surface area contributed by atoms with Crippen LogP contribution in [0.5, 0.6) is 0 Å². The van der Waals surface area contributed by atoms with Crippen molar-refractivity contribution in [3.8, 4) is 0 Å². The first-order valence-corrected chi connectivity index (χ1v) is 7.27. The van der Waals surface area contributed by atoms with Gasteiger partial charge in [0.1, 0.15) is 0 Å². The van der Waals surface area contributed by atoms with E-state index >= 15 is 0 Å². The molecule has 1 fully saturated rings. The van der Waals surface area contributed by atoms with Gasteiger partial charge in [0.25, 0.3) is 0 Å². The summed E-state index contributed by atoms with van der Waals surface area (Å²) in [4.78, 5) is 11.4. The van der Waals surface area contributed by atoms with Crippen LogP contribution in [0.1, 0.15) is 40.0 Å². The van der Waals surface area contributed by atoms with E-state index in [2.05, 4.69) is 24.5 Å². The van der Waals surface area contributed by atoms with Crippen molar-refractivity contribution in [2.24, 2.45) is 5.92 Å². The molecular weight excluding hydrogens is 244 g/mol. The van der Waals surface area contributed by atoms with Crippen LogP contribution in [0.2, 0.25) is 0 Å². The zero-order valence-electron chi connectivity index (χ0n) is 12.3. The highest BCUT2D eigenvalue weighted by atomic mass is 16.5. The van der Waals surface area contributed by atoms with Crippen molar-refractivity contribution in [3.63, 3.8) is 0 Å². The quantitative estimate of drug-likeness (QED) is 0.546. The normalized spacial score (nSPS) is 18.4. The molecule has 112 valence electrons. The lowest BCUT2D eigenvalue weighted by molar-refractivity contribution is -0.120. The molecule has 0 radical (unpaired) electrons. The lowest BCUT2D eigenvalue weighted by Crippen LogP contribution is -2.39. The third-order valence-electron chi connectivity index (χ3n) is 2.98. The molecule has 2 unspecified atom stereocenters. The number of amides is 1. The first-order valence-electron chi connectivity index (χ1n) is 7.27. The molecule has 0 aliphatic heterocycles. The fraction of sp³-hybridized carbons (Fsp3) is 0.929. The van der Waals surface area contributed by atoms with Crippen molar-refractivity contribution in [2.75, 3.05) is 19.7 Å². The van der Waals surface area contributed by atoms with Crippen molar-refractivity contribution in [1.29, 1.82) is 0 Å². The van der Waals surface area contributed by atoms with Crippen LogP contribution < -0.4 is 10.6 Å². The van der Waals surface area contributed by atoms with Crippen LogP contribution in [0.25, 0.3) is 0 Å². The van der Waals surface area contributed by atoms with Gasteiger partial charge in [-0.3, -0.25) is 4.79 Å². The molecule has 0 bridgehead atoms. The number of rotatable bonds is 10. The van der Waals surface area contributed by atoms with Crippen molar-refractivity contribution < 1.29 is 14.6 Å². The first-order chi connectivity index (χ1) is 8.97. The monoisotopic (exact) mass is 272 g/mol. The summed E-state index contributed by atoms with van der Waals surface area (Å²) in [5.74, 6) is 0.597. The molecule has 1 rings (SSSR count). The molecule has 19 heavy (non-hydrogen) atoms. The van der Waals surface area contributed by atoms with Crippen LogP contribution in [-0.2, 0) is 9.53 Å². The summed E-state index contributed by atoms with van der Waals surface area (Å²) < 4.78 is 5.56. The molecule has 1 amide bonds. The van der Waals surface area contributed by atoms with E-state index in [4.69, 9.17) is 4.74 Å². The van der Waals surface area contributed by atoms with Crippen LogP contribution in [0.15, 0.2) is 0 Å². The van der Waals surface area contributed by atoms with E-state index in [1.165, 1.54) is 0 Å². The molecule has 2 atom stereocenters. The number of carbonyl (C=O) groups excluding carboxylic acids is 1. The summed E-state index contributed by atoms with van der Waals surface area (Å²) in [5, 5.41) is 15.5. The molecule has 0 saturated heterocycles. The number of ether oxygens (including phenoxy) is 1. The SMILES string of the molecule is CC(C)CC(C)OCC(O)CNCC(=O)NC1CC1. The van der Waals surface area contributed by atoms with Crippen LogP contribution >= 0.6 is 0 Å². The number of carbonyl (C=O) groups is 1. The van der Waals surface area contributed by atoms with Crippen LogP contribution in [-0.4, -0.2) is 49.0 Å². The maximum absolute atomic E-state index is 11.4. The molecule has 5 heteroatoms. The average molecular weight is 272 g/mol. The summed E-state index contributed by atoms with van der Waals surface area (Å²) in [6, 6.07) is 0.388. The number of aliphatic hydroxyl groups is 1. The van der Waals surface area contributed by atoms with E-state index in [0.29, 0.717) is 25.1 Å². The highest BCUT2D eigenvalue weighted by Gasteiger charge is 2.22. The van der Waals surface area contributed by atoms with Gasteiger partial charge in [0.05, 0.1) is 25.4 Å². The summed E-state index contributed by atoms with van der Waals surface area (Å²) in [6.07, 6.45) is 2.77. The predicted molar refractivity (Wildman–Crippen MR) is 74.9 cm³/mol. The van der Waals surface area contributed by atoms with Crippen LogP contribution in [0.3, 0.4) is 0 Å². The second-order valence-electron chi connectivity index (χ2n) is 5.90. The summed E-state index contributed by atoms with van der Waals surface area (Å²) in [7, 11) is 0. The van der Waals surface area contributed by atoms with E-state index in [9.17, 15) is 9.90 Å². The van der Waals surface area contributed by atoms with Crippen molar-refractivity contribution in [1.82, 2.24) is 10.6 Å². The Morgan fingerprint density at radius 1 is 1.37 bits per heavy atom. The summed E-state index contributed by atoms with van der Waals surface area (Å²) in [6.45, 7) is 7.27. The van der Waals surface area contributed by atoms with Crippen LogP contribution in [0.4, 0.5) is 0 Å². The molecule has 1 saturated carbocycles. The first kappa shape index (κ1) is 16.4. The largest absolute Gasteiger partial charge is 0.389 e. The summed E-state index contributed by atoms with van der Waals surface area (Å²) >= 11 is 0. The Labute approximate surface area is 116 Å². The van der Waals surface area contributed by atoms with E-state index in [-0.39, 0.29) is 18.6 Å². The molecule has 0 spiro atoms. The number of hydrogen-bond donors (Lipinski definition) is 3. The van der Waals surface area contributed by atoms with E-state index in [0.717, 1.165) is 19.3 Å². The molecule has 1 aliphatic rings. The Morgan fingerprint density at radius 2 is 2.05 bits per heavy atom. The standard InChI is InChI=1S/C14H28N2O3/c1-10(2)6-11(3)19-9-13(17)7-15-8-14(18)16-12-4-5-12/h10-13,15,17H,4-9H2,1-3H3,(H,16,18). The third kappa shape index (κ3) is 8.97. The maximum Gasteiger partial charge on any atom is 0.234 e. The maximum atomic E-state index is 11.4. The second kappa shape index (κ2) is 8.51. The highest BCUT2D eigenvalue weighted by Crippen LogP contribution is 2.18. The molecular formula is C14H28N2O3. The van der Waals surface area contributed by atoms with Crippen molar-refractivity contribution in [3.05, 3.63) is 0 Å².